The van der Waals surface area contributed by atoms with E-state index in [-0.39, 0.29) is 6.10 Å². The molecule has 0 aliphatic rings. The molecule has 1 rings (SSSR count). The molecular weight excluding hydrogens is 210 g/mol. The van der Waals surface area contributed by atoms with Crippen LogP contribution in [0.5, 0.6) is 0 Å². The molecule has 0 aliphatic carbocycles. The molecule has 0 saturated heterocycles. The topological polar surface area (TPSA) is 50.9 Å². The highest BCUT2D eigenvalue weighted by Crippen LogP contribution is 2.08. The molecule has 0 saturated carbocycles. The van der Waals surface area contributed by atoms with Crippen molar-refractivity contribution in [3.05, 3.63) is 12.2 Å². The fraction of sp³-hybridized carbons (Fsp3) is 0.800. The van der Waals surface area contributed by atoms with Gasteiger partial charge in [0.15, 0.2) is 0 Å². The lowest BCUT2D eigenvalue weighted by Crippen LogP contribution is -2.16. The maximum absolute atomic E-state index is 9.77. The SMILES string of the molecule is CCSCCC(O)Cc1ncnn1CC. The van der Waals surface area contributed by atoms with Crippen molar-refractivity contribution in [1.29, 1.82) is 0 Å². The van der Waals surface area contributed by atoms with Crippen molar-refractivity contribution in [2.75, 3.05) is 11.5 Å². The van der Waals surface area contributed by atoms with Gasteiger partial charge in [-0.25, -0.2) is 4.98 Å². The van der Waals surface area contributed by atoms with Gasteiger partial charge in [0, 0.05) is 13.0 Å². The van der Waals surface area contributed by atoms with Crippen LogP contribution in [0, 0.1) is 0 Å². The minimum Gasteiger partial charge on any atom is -0.393 e. The Hall–Kier alpha value is -0.550. The molecule has 1 heterocycles. The fourth-order valence-electron chi connectivity index (χ4n) is 1.39. The van der Waals surface area contributed by atoms with E-state index in [1.54, 1.807) is 6.33 Å². The molecule has 15 heavy (non-hydrogen) atoms. The van der Waals surface area contributed by atoms with Crippen molar-refractivity contribution in [2.24, 2.45) is 0 Å². The number of rotatable bonds is 7. The van der Waals surface area contributed by atoms with Gasteiger partial charge in [-0.05, 0) is 24.9 Å². The zero-order chi connectivity index (χ0) is 11.1. The molecule has 1 unspecified atom stereocenters. The highest BCUT2D eigenvalue weighted by molar-refractivity contribution is 7.99. The highest BCUT2D eigenvalue weighted by atomic mass is 32.2. The van der Waals surface area contributed by atoms with Crippen LogP contribution < -0.4 is 0 Å². The first-order valence-corrected chi connectivity index (χ1v) is 6.55. The number of aliphatic hydroxyl groups is 1. The van der Waals surface area contributed by atoms with Gasteiger partial charge in [0.1, 0.15) is 12.2 Å². The van der Waals surface area contributed by atoms with Crippen LogP contribution in [-0.4, -0.2) is 37.5 Å². The summed E-state index contributed by atoms with van der Waals surface area (Å²) in [5.74, 6) is 3.00. The molecule has 0 aromatic carbocycles. The lowest BCUT2D eigenvalue weighted by molar-refractivity contribution is 0.168. The van der Waals surface area contributed by atoms with Crippen LogP contribution in [0.2, 0.25) is 0 Å². The van der Waals surface area contributed by atoms with Gasteiger partial charge in [0.05, 0.1) is 6.10 Å². The molecule has 1 aromatic heterocycles. The molecule has 1 aromatic rings. The lowest BCUT2D eigenvalue weighted by atomic mass is 10.2. The number of thioether (sulfide) groups is 1. The van der Waals surface area contributed by atoms with E-state index in [1.165, 1.54) is 0 Å². The number of hydrogen-bond acceptors (Lipinski definition) is 4. The molecule has 1 atom stereocenters. The molecule has 0 radical (unpaired) electrons. The van der Waals surface area contributed by atoms with Crippen molar-refractivity contribution >= 4 is 11.8 Å². The average Bonchev–Trinajstić information content (AvgIpc) is 2.65. The maximum atomic E-state index is 9.77. The molecule has 0 amide bonds. The van der Waals surface area contributed by atoms with Gasteiger partial charge in [0.2, 0.25) is 0 Å². The summed E-state index contributed by atoms with van der Waals surface area (Å²) in [6, 6.07) is 0. The lowest BCUT2D eigenvalue weighted by Gasteiger charge is -2.09. The first-order chi connectivity index (χ1) is 7.27. The van der Waals surface area contributed by atoms with Crippen molar-refractivity contribution < 1.29 is 5.11 Å². The molecule has 86 valence electrons. The van der Waals surface area contributed by atoms with Crippen LogP contribution in [0.1, 0.15) is 26.1 Å². The first-order valence-electron chi connectivity index (χ1n) is 5.40. The van der Waals surface area contributed by atoms with E-state index in [4.69, 9.17) is 0 Å². The Balaban J connectivity index is 2.33. The van der Waals surface area contributed by atoms with E-state index in [2.05, 4.69) is 17.0 Å². The highest BCUT2D eigenvalue weighted by Gasteiger charge is 2.10. The summed E-state index contributed by atoms with van der Waals surface area (Å²) in [4.78, 5) is 4.14. The third-order valence-corrected chi connectivity index (χ3v) is 3.15. The van der Waals surface area contributed by atoms with Crippen molar-refractivity contribution in [3.8, 4) is 0 Å². The van der Waals surface area contributed by atoms with Gasteiger partial charge in [-0.3, -0.25) is 4.68 Å². The molecule has 0 spiro atoms. The Morgan fingerprint density at radius 1 is 1.53 bits per heavy atom. The summed E-state index contributed by atoms with van der Waals surface area (Å²) in [6.07, 6.45) is 2.69. The Morgan fingerprint density at radius 2 is 2.33 bits per heavy atom. The normalized spacial score (nSPS) is 13.0. The summed E-state index contributed by atoms with van der Waals surface area (Å²) in [6.45, 7) is 4.97. The number of nitrogens with zero attached hydrogens (tertiary/aromatic N) is 3. The summed E-state index contributed by atoms with van der Waals surface area (Å²) < 4.78 is 1.83. The van der Waals surface area contributed by atoms with Crippen LogP contribution in [0.3, 0.4) is 0 Å². The van der Waals surface area contributed by atoms with Crippen LogP contribution >= 0.6 is 11.8 Å². The summed E-state index contributed by atoms with van der Waals surface area (Å²) in [5, 5.41) is 13.8. The van der Waals surface area contributed by atoms with Crippen molar-refractivity contribution in [2.45, 2.75) is 39.3 Å². The van der Waals surface area contributed by atoms with E-state index in [1.807, 2.05) is 23.4 Å². The Kier molecular flexibility index (Phi) is 5.71. The quantitative estimate of drug-likeness (QED) is 0.717. The Bertz CT molecular complexity index is 277. The summed E-state index contributed by atoms with van der Waals surface area (Å²) >= 11 is 1.86. The van der Waals surface area contributed by atoms with Gasteiger partial charge in [-0.2, -0.15) is 16.9 Å². The maximum Gasteiger partial charge on any atom is 0.138 e. The van der Waals surface area contributed by atoms with E-state index in [0.717, 1.165) is 30.3 Å². The molecule has 0 fully saturated rings. The third kappa shape index (κ3) is 4.22. The van der Waals surface area contributed by atoms with E-state index in [0.29, 0.717) is 6.42 Å². The second kappa shape index (κ2) is 6.85. The van der Waals surface area contributed by atoms with E-state index < -0.39 is 0 Å². The van der Waals surface area contributed by atoms with Crippen LogP contribution in [0.25, 0.3) is 0 Å². The third-order valence-electron chi connectivity index (χ3n) is 2.21. The number of hydrogen-bond donors (Lipinski definition) is 1. The second-order valence-electron chi connectivity index (χ2n) is 3.34. The Morgan fingerprint density at radius 3 is 3.00 bits per heavy atom. The minimum absolute atomic E-state index is 0.293. The summed E-state index contributed by atoms with van der Waals surface area (Å²) in [5.41, 5.74) is 0. The Labute approximate surface area is 95.1 Å². The van der Waals surface area contributed by atoms with Crippen LogP contribution in [-0.2, 0) is 13.0 Å². The van der Waals surface area contributed by atoms with E-state index in [9.17, 15) is 5.11 Å². The number of aliphatic hydroxyl groups excluding tert-OH is 1. The van der Waals surface area contributed by atoms with E-state index >= 15 is 0 Å². The van der Waals surface area contributed by atoms with Crippen molar-refractivity contribution in [3.63, 3.8) is 0 Å². The number of aryl methyl sites for hydroxylation is 1. The average molecular weight is 229 g/mol. The fourth-order valence-corrected chi connectivity index (χ4v) is 2.11. The predicted octanol–water partition coefficient (Wildman–Crippen LogP) is 1.34. The van der Waals surface area contributed by atoms with Crippen LogP contribution in [0.15, 0.2) is 6.33 Å². The zero-order valence-electron chi connectivity index (χ0n) is 9.39. The summed E-state index contributed by atoms with van der Waals surface area (Å²) in [7, 11) is 0. The van der Waals surface area contributed by atoms with Crippen molar-refractivity contribution in [1.82, 2.24) is 14.8 Å². The van der Waals surface area contributed by atoms with Gasteiger partial charge < -0.3 is 5.11 Å². The molecule has 0 aliphatic heterocycles. The van der Waals surface area contributed by atoms with Gasteiger partial charge in [0.25, 0.3) is 0 Å². The smallest absolute Gasteiger partial charge is 0.138 e. The standard InChI is InChI=1S/C10H19N3OS/c1-3-13-10(11-8-12-13)7-9(14)5-6-15-4-2/h8-9,14H,3-7H2,1-2H3. The molecule has 1 N–H and O–H groups in total. The zero-order valence-corrected chi connectivity index (χ0v) is 10.2. The second-order valence-corrected chi connectivity index (χ2v) is 4.73. The van der Waals surface area contributed by atoms with Gasteiger partial charge in [-0.1, -0.05) is 6.92 Å². The van der Waals surface area contributed by atoms with Crippen LogP contribution in [0.4, 0.5) is 0 Å². The predicted molar refractivity (Wildman–Crippen MR) is 63.0 cm³/mol. The monoisotopic (exact) mass is 229 g/mol. The molecule has 5 heteroatoms. The molecule has 4 nitrogen and oxygen atoms in total. The van der Waals surface area contributed by atoms with Gasteiger partial charge >= 0.3 is 0 Å². The number of aromatic nitrogens is 3. The largest absolute Gasteiger partial charge is 0.393 e. The molecular formula is C10H19N3OS. The van der Waals surface area contributed by atoms with Gasteiger partial charge in [-0.15, -0.1) is 0 Å². The molecule has 0 bridgehead atoms. The minimum atomic E-state index is -0.293. The first kappa shape index (κ1) is 12.5.